The number of hydrogen-bond acceptors (Lipinski definition) is 4. The van der Waals surface area contributed by atoms with E-state index < -0.39 is 24.1 Å². The lowest BCUT2D eigenvalue weighted by atomic mass is 10.1. The molecule has 7 nitrogen and oxygen atoms in total. The van der Waals surface area contributed by atoms with Crippen LogP contribution in [0.15, 0.2) is 0 Å². The van der Waals surface area contributed by atoms with E-state index in [0.717, 1.165) is 6.92 Å². The van der Waals surface area contributed by atoms with Crippen molar-refractivity contribution in [1.29, 1.82) is 5.26 Å². The molecule has 17 heavy (non-hydrogen) atoms. The molecule has 0 aliphatic rings. The highest BCUT2D eigenvalue weighted by Crippen LogP contribution is 2.02. The fourth-order valence-corrected chi connectivity index (χ4v) is 0.993. The van der Waals surface area contributed by atoms with Gasteiger partial charge in [-0.1, -0.05) is 0 Å². The van der Waals surface area contributed by atoms with Crippen molar-refractivity contribution in [2.24, 2.45) is 5.92 Å². The zero-order valence-electron chi connectivity index (χ0n) is 10.1. The Balaban J connectivity index is 4.20. The standard InChI is InChI=1S/C10H17N3O4/c1-7(4-11)5-13(3)9(16)12-6-10(2,17)8(14)15/h7,17H,5-6H2,1-3H3,(H,12,16)(H,14,15). The van der Waals surface area contributed by atoms with Crippen molar-refractivity contribution in [3.8, 4) is 6.07 Å². The van der Waals surface area contributed by atoms with Crippen LogP contribution >= 0.6 is 0 Å². The van der Waals surface area contributed by atoms with Crippen LogP contribution in [-0.2, 0) is 4.79 Å². The van der Waals surface area contributed by atoms with Crippen LogP contribution in [0.3, 0.4) is 0 Å². The highest BCUT2D eigenvalue weighted by Gasteiger charge is 2.30. The van der Waals surface area contributed by atoms with Gasteiger partial charge in [0.1, 0.15) is 0 Å². The second-order valence-corrected chi connectivity index (χ2v) is 4.15. The Bertz CT molecular complexity index is 335. The van der Waals surface area contributed by atoms with Gasteiger partial charge in [0.25, 0.3) is 0 Å². The van der Waals surface area contributed by atoms with Crippen molar-refractivity contribution in [3.63, 3.8) is 0 Å². The van der Waals surface area contributed by atoms with Gasteiger partial charge < -0.3 is 20.4 Å². The van der Waals surface area contributed by atoms with E-state index in [1.54, 1.807) is 6.92 Å². The van der Waals surface area contributed by atoms with E-state index in [9.17, 15) is 14.7 Å². The van der Waals surface area contributed by atoms with Gasteiger partial charge in [0.15, 0.2) is 5.60 Å². The smallest absolute Gasteiger partial charge is 0.337 e. The molecule has 0 spiro atoms. The summed E-state index contributed by atoms with van der Waals surface area (Å²) < 4.78 is 0. The summed E-state index contributed by atoms with van der Waals surface area (Å²) in [6, 6.07) is 1.44. The second kappa shape index (κ2) is 6.06. The predicted molar refractivity (Wildman–Crippen MR) is 59.1 cm³/mol. The molecule has 2 atom stereocenters. The van der Waals surface area contributed by atoms with Crippen LogP contribution in [-0.4, -0.2) is 52.9 Å². The molecule has 0 aliphatic carbocycles. The summed E-state index contributed by atoms with van der Waals surface area (Å²) in [7, 11) is 1.48. The Labute approximate surface area is 99.6 Å². The van der Waals surface area contributed by atoms with Crippen molar-refractivity contribution >= 4 is 12.0 Å². The van der Waals surface area contributed by atoms with Crippen LogP contribution in [0.5, 0.6) is 0 Å². The van der Waals surface area contributed by atoms with Crippen molar-refractivity contribution in [2.75, 3.05) is 20.1 Å². The Hall–Kier alpha value is -1.81. The third kappa shape index (κ3) is 5.17. The summed E-state index contributed by atoms with van der Waals surface area (Å²) in [6.45, 7) is 2.59. The number of nitriles is 1. The van der Waals surface area contributed by atoms with Gasteiger partial charge in [-0.2, -0.15) is 5.26 Å². The number of nitrogens with zero attached hydrogens (tertiary/aromatic N) is 2. The molecule has 3 N–H and O–H groups in total. The fourth-order valence-electron chi connectivity index (χ4n) is 0.993. The van der Waals surface area contributed by atoms with E-state index in [1.807, 2.05) is 6.07 Å². The van der Waals surface area contributed by atoms with Crippen LogP contribution in [0, 0.1) is 17.2 Å². The normalized spacial score (nSPS) is 15.2. The number of urea groups is 1. The number of carboxylic acid groups (broad SMARTS) is 1. The number of nitrogens with one attached hydrogen (secondary N) is 1. The molecule has 0 fully saturated rings. The second-order valence-electron chi connectivity index (χ2n) is 4.15. The summed E-state index contributed by atoms with van der Waals surface area (Å²) in [5, 5.41) is 28.8. The number of rotatable bonds is 5. The maximum Gasteiger partial charge on any atom is 0.337 e. The molecule has 0 saturated heterocycles. The van der Waals surface area contributed by atoms with Gasteiger partial charge in [-0.25, -0.2) is 9.59 Å². The molecule has 0 aromatic rings. The lowest BCUT2D eigenvalue weighted by Gasteiger charge is -2.22. The SMILES string of the molecule is CC(C#N)CN(C)C(=O)NCC(C)(O)C(=O)O. The number of carbonyl (C=O) groups is 2. The van der Waals surface area contributed by atoms with Gasteiger partial charge in [-0.15, -0.1) is 0 Å². The van der Waals surface area contributed by atoms with Gasteiger partial charge in [-0.05, 0) is 13.8 Å². The molecule has 0 aromatic heterocycles. The largest absolute Gasteiger partial charge is 0.479 e. The van der Waals surface area contributed by atoms with Crippen LogP contribution in [0.4, 0.5) is 4.79 Å². The first kappa shape index (κ1) is 15.2. The highest BCUT2D eigenvalue weighted by molar-refractivity contribution is 5.79. The summed E-state index contributed by atoms with van der Waals surface area (Å²) >= 11 is 0. The Kier molecular flexibility index (Phi) is 5.41. The minimum absolute atomic E-state index is 0.234. The Morgan fingerprint density at radius 2 is 2.12 bits per heavy atom. The predicted octanol–water partition coefficient (Wildman–Crippen LogP) is -0.377. The Morgan fingerprint density at radius 1 is 1.59 bits per heavy atom. The van der Waals surface area contributed by atoms with E-state index in [2.05, 4.69) is 5.32 Å². The van der Waals surface area contributed by atoms with Crippen LogP contribution in [0.2, 0.25) is 0 Å². The third-order valence-electron chi connectivity index (χ3n) is 2.16. The van der Waals surface area contributed by atoms with E-state index in [0.29, 0.717) is 0 Å². The number of carboxylic acids is 1. The lowest BCUT2D eigenvalue weighted by Crippen LogP contribution is -2.49. The zero-order chi connectivity index (χ0) is 13.6. The topological polar surface area (TPSA) is 114 Å². The zero-order valence-corrected chi connectivity index (χ0v) is 10.1. The minimum Gasteiger partial charge on any atom is -0.479 e. The average Bonchev–Trinajstić information content (AvgIpc) is 2.25. The molecule has 2 unspecified atom stereocenters. The average molecular weight is 243 g/mol. The number of carbonyl (C=O) groups excluding carboxylic acids is 1. The molecular formula is C10H17N3O4. The summed E-state index contributed by atoms with van der Waals surface area (Å²) in [5.74, 6) is -1.73. The van der Waals surface area contributed by atoms with Gasteiger partial charge in [0.05, 0.1) is 18.5 Å². The van der Waals surface area contributed by atoms with E-state index in [1.165, 1.54) is 11.9 Å². The van der Waals surface area contributed by atoms with Crippen molar-refractivity contribution in [2.45, 2.75) is 19.4 Å². The van der Waals surface area contributed by atoms with Crippen molar-refractivity contribution in [3.05, 3.63) is 0 Å². The molecule has 0 rings (SSSR count). The molecule has 0 radical (unpaired) electrons. The minimum atomic E-state index is -2.00. The number of hydrogen-bond donors (Lipinski definition) is 3. The van der Waals surface area contributed by atoms with Gasteiger partial charge in [0, 0.05) is 13.6 Å². The van der Waals surface area contributed by atoms with Gasteiger partial charge in [0.2, 0.25) is 0 Å². The maximum absolute atomic E-state index is 11.5. The van der Waals surface area contributed by atoms with Gasteiger partial charge >= 0.3 is 12.0 Å². The molecule has 0 bridgehead atoms. The maximum atomic E-state index is 11.5. The third-order valence-corrected chi connectivity index (χ3v) is 2.16. The monoisotopic (exact) mass is 243 g/mol. The highest BCUT2D eigenvalue weighted by atomic mass is 16.4. The van der Waals surface area contributed by atoms with E-state index >= 15 is 0 Å². The molecule has 2 amide bonds. The molecular weight excluding hydrogens is 226 g/mol. The number of amides is 2. The first-order chi connectivity index (χ1) is 7.70. The van der Waals surface area contributed by atoms with Crippen LogP contribution < -0.4 is 5.32 Å². The summed E-state index contributed by atoms with van der Waals surface area (Å²) in [6.07, 6.45) is 0. The first-order valence-electron chi connectivity index (χ1n) is 5.05. The number of aliphatic carboxylic acids is 1. The van der Waals surface area contributed by atoms with E-state index in [-0.39, 0.29) is 12.5 Å². The quantitative estimate of drug-likeness (QED) is 0.609. The van der Waals surface area contributed by atoms with Crippen molar-refractivity contribution in [1.82, 2.24) is 10.2 Å². The van der Waals surface area contributed by atoms with Gasteiger partial charge in [-0.3, -0.25) is 0 Å². The fraction of sp³-hybridized carbons (Fsp3) is 0.700. The number of aliphatic hydroxyl groups is 1. The molecule has 0 saturated carbocycles. The van der Waals surface area contributed by atoms with Crippen LogP contribution in [0.1, 0.15) is 13.8 Å². The molecule has 0 aromatic carbocycles. The molecule has 96 valence electrons. The van der Waals surface area contributed by atoms with Crippen LogP contribution in [0.25, 0.3) is 0 Å². The molecule has 7 heteroatoms. The molecule has 0 heterocycles. The lowest BCUT2D eigenvalue weighted by molar-refractivity contribution is -0.155. The Morgan fingerprint density at radius 3 is 2.53 bits per heavy atom. The molecule has 0 aliphatic heterocycles. The summed E-state index contributed by atoms with van der Waals surface area (Å²) in [5.41, 5.74) is -2.00. The van der Waals surface area contributed by atoms with Crippen molar-refractivity contribution < 1.29 is 19.8 Å². The summed E-state index contributed by atoms with van der Waals surface area (Å²) in [4.78, 5) is 23.3. The first-order valence-corrected chi connectivity index (χ1v) is 5.05. The van der Waals surface area contributed by atoms with E-state index in [4.69, 9.17) is 10.4 Å².